The molecule has 0 spiro atoms. The summed E-state index contributed by atoms with van der Waals surface area (Å²) in [6.45, 7) is 3.79. The molecule has 1 aromatic heterocycles. The maximum atomic E-state index is 13.1. The van der Waals surface area contributed by atoms with Crippen LogP contribution in [0.25, 0.3) is 22.3 Å². The van der Waals surface area contributed by atoms with Gasteiger partial charge < -0.3 is 20.2 Å². The molecule has 1 atom stereocenters. The number of fused-ring (bicyclic) bond motifs is 2. The Bertz CT molecular complexity index is 1540. The van der Waals surface area contributed by atoms with Gasteiger partial charge in [-0.2, -0.15) is 0 Å². The zero-order chi connectivity index (χ0) is 24.0. The van der Waals surface area contributed by atoms with Crippen molar-refractivity contribution < 1.29 is 19.1 Å². The molecule has 0 bridgehead atoms. The van der Waals surface area contributed by atoms with Crippen LogP contribution in [0.15, 0.2) is 69.9 Å². The quantitative estimate of drug-likeness (QED) is 0.386. The molecule has 1 aliphatic rings. The van der Waals surface area contributed by atoms with Gasteiger partial charge in [0.25, 0.3) is 0 Å². The summed E-state index contributed by atoms with van der Waals surface area (Å²) in [5.41, 5.74) is 4.83. The minimum absolute atomic E-state index is 0.0635. The lowest BCUT2D eigenvalue weighted by atomic mass is 10.00. The van der Waals surface area contributed by atoms with E-state index in [1.165, 1.54) is 12.1 Å². The Hall–Kier alpha value is -4.39. The van der Waals surface area contributed by atoms with Crippen LogP contribution in [0.3, 0.4) is 0 Å². The maximum Gasteiger partial charge on any atom is 0.337 e. The number of aromatic carboxylic acids is 1. The number of amides is 1. The zero-order valence-electron chi connectivity index (χ0n) is 18.6. The molecule has 7 heteroatoms. The molecular formula is C27H22N2O5. The van der Waals surface area contributed by atoms with Crippen LogP contribution in [0, 0.1) is 6.92 Å². The molecule has 7 nitrogen and oxygen atoms in total. The molecule has 5 rings (SSSR count). The highest BCUT2D eigenvalue weighted by Crippen LogP contribution is 2.33. The summed E-state index contributed by atoms with van der Waals surface area (Å²) in [5.74, 6) is -0.696. The highest BCUT2D eigenvalue weighted by molar-refractivity contribution is 6.00. The predicted octanol–water partition coefficient (Wildman–Crippen LogP) is 5.13. The van der Waals surface area contributed by atoms with Crippen molar-refractivity contribution in [3.8, 4) is 11.3 Å². The van der Waals surface area contributed by atoms with Crippen LogP contribution in [0.2, 0.25) is 0 Å². The fraction of sp³-hybridized carbons (Fsp3) is 0.148. The number of aryl methyl sites for hydroxylation is 1. The van der Waals surface area contributed by atoms with Gasteiger partial charge in [-0.3, -0.25) is 9.59 Å². The molecule has 2 heterocycles. The average Bonchev–Trinajstić information content (AvgIpc) is 3.18. The maximum absolute atomic E-state index is 13.1. The van der Waals surface area contributed by atoms with Gasteiger partial charge in [-0.05, 0) is 49.2 Å². The highest BCUT2D eigenvalue weighted by atomic mass is 16.4. The van der Waals surface area contributed by atoms with Crippen molar-refractivity contribution in [1.29, 1.82) is 0 Å². The Morgan fingerprint density at radius 3 is 2.68 bits per heavy atom. The van der Waals surface area contributed by atoms with E-state index < -0.39 is 5.97 Å². The molecular weight excluding hydrogens is 432 g/mol. The lowest BCUT2D eigenvalue weighted by Crippen LogP contribution is -2.12. The first-order valence-corrected chi connectivity index (χ1v) is 10.9. The monoisotopic (exact) mass is 454 g/mol. The van der Waals surface area contributed by atoms with Crippen molar-refractivity contribution in [1.82, 2.24) is 0 Å². The normalized spacial score (nSPS) is 13.4. The number of carbonyl (C=O) groups is 2. The first-order valence-electron chi connectivity index (χ1n) is 10.9. The molecule has 0 saturated heterocycles. The zero-order valence-corrected chi connectivity index (χ0v) is 18.6. The van der Waals surface area contributed by atoms with Gasteiger partial charge in [-0.1, -0.05) is 30.3 Å². The van der Waals surface area contributed by atoms with Crippen LogP contribution in [0.4, 0.5) is 11.4 Å². The molecule has 170 valence electrons. The number of benzene rings is 3. The molecule has 0 radical (unpaired) electrons. The third kappa shape index (κ3) is 3.81. The van der Waals surface area contributed by atoms with Crippen molar-refractivity contribution in [3.63, 3.8) is 0 Å². The Morgan fingerprint density at radius 1 is 1.09 bits per heavy atom. The molecule has 3 N–H and O–H groups in total. The fourth-order valence-corrected chi connectivity index (χ4v) is 4.37. The first kappa shape index (κ1) is 21.5. The van der Waals surface area contributed by atoms with Crippen molar-refractivity contribution in [2.24, 2.45) is 0 Å². The first-order chi connectivity index (χ1) is 16.3. The van der Waals surface area contributed by atoms with Crippen LogP contribution in [0.1, 0.15) is 40.0 Å². The summed E-state index contributed by atoms with van der Waals surface area (Å²) >= 11 is 0. The van der Waals surface area contributed by atoms with E-state index in [4.69, 9.17) is 4.42 Å². The van der Waals surface area contributed by atoms with Crippen molar-refractivity contribution in [2.75, 3.05) is 10.6 Å². The fourth-order valence-electron chi connectivity index (χ4n) is 4.37. The number of carboxylic acids is 1. The number of hydrogen-bond donors (Lipinski definition) is 3. The SMILES string of the molecule is Cc1cc(C(C)Nc2ccccc2C(=O)O)c2oc(-c3ccc4c(c3)NC(=O)C4)cc(=O)c2c1. The van der Waals surface area contributed by atoms with Crippen LogP contribution in [-0.2, 0) is 11.2 Å². The molecule has 0 saturated carbocycles. The van der Waals surface area contributed by atoms with Gasteiger partial charge in [0, 0.05) is 28.6 Å². The Morgan fingerprint density at radius 2 is 1.88 bits per heavy atom. The minimum atomic E-state index is -1.03. The predicted molar refractivity (Wildman–Crippen MR) is 130 cm³/mol. The molecule has 34 heavy (non-hydrogen) atoms. The van der Waals surface area contributed by atoms with Gasteiger partial charge in [0.05, 0.1) is 23.4 Å². The Kier molecular flexibility index (Phi) is 5.17. The number of para-hydroxylation sites is 1. The number of rotatable bonds is 5. The number of hydrogen-bond acceptors (Lipinski definition) is 5. The van der Waals surface area contributed by atoms with Crippen LogP contribution < -0.4 is 16.1 Å². The third-order valence-corrected chi connectivity index (χ3v) is 6.02. The second kappa shape index (κ2) is 8.19. The summed E-state index contributed by atoms with van der Waals surface area (Å²) in [6, 6.07) is 17.0. The van der Waals surface area contributed by atoms with Crippen molar-refractivity contribution >= 4 is 34.2 Å². The van der Waals surface area contributed by atoms with E-state index in [0.717, 1.165) is 22.4 Å². The number of anilines is 2. The third-order valence-electron chi connectivity index (χ3n) is 6.02. The van der Waals surface area contributed by atoms with Crippen molar-refractivity contribution in [3.05, 3.63) is 93.1 Å². The molecule has 1 amide bonds. The minimum Gasteiger partial charge on any atom is -0.478 e. The second-order valence-corrected chi connectivity index (χ2v) is 8.52. The number of carbonyl (C=O) groups excluding carboxylic acids is 1. The molecule has 0 aliphatic carbocycles. The van der Waals surface area contributed by atoms with E-state index in [0.29, 0.717) is 34.4 Å². The van der Waals surface area contributed by atoms with Gasteiger partial charge in [0.2, 0.25) is 5.91 Å². The van der Waals surface area contributed by atoms with E-state index in [2.05, 4.69) is 10.6 Å². The second-order valence-electron chi connectivity index (χ2n) is 8.52. The smallest absolute Gasteiger partial charge is 0.337 e. The van der Waals surface area contributed by atoms with E-state index >= 15 is 0 Å². The molecule has 0 fully saturated rings. The Balaban J connectivity index is 1.61. The highest BCUT2D eigenvalue weighted by Gasteiger charge is 2.21. The van der Waals surface area contributed by atoms with E-state index in [1.807, 2.05) is 38.1 Å². The molecule has 1 aliphatic heterocycles. The van der Waals surface area contributed by atoms with Gasteiger partial charge in [-0.25, -0.2) is 4.79 Å². The number of carboxylic acid groups (broad SMARTS) is 1. The summed E-state index contributed by atoms with van der Waals surface area (Å²) in [5, 5.41) is 16.0. The topological polar surface area (TPSA) is 109 Å². The van der Waals surface area contributed by atoms with Crippen molar-refractivity contribution in [2.45, 2.75) is 26.3 Å². The van der Waals surface area contributed by atoms with Crippen LogP contribution in [0.5, 0.6) is 0 Å². The average molecular weight is 454 g/mol. The van der Waals surface area contributed by atoms with Crippen LogP contribution in [-0.4, -0.2) is 17.0 Å². The van der Waals surface area contributed by atoms with Gasteiger partial charge >= 0.3 is 5.97 Å². The summed E-state index contributed by atoms with van der Waals surface area (Å²) in [4.78, 5) is 36.4. The van der Waals surface area contributed by atoms with E-state index in [1.54, 1.807) is 24.3 Å². The molecule has 1 unspecified atom stereocenters. The largest absolute Gasteiger partial charge is 0.478 e. The summed E-state index contributed by atoms with van der Waals surface area (Å²) in [6.07, 6.45) is 0.335. The summed E-state index contributed by atoms with van der Waals surface area (Å²) in [7, 11) is 0. The van der Waals surface area contributed by atoms with E-state index in [9.17, 15) is 19.5 Å². The van der Waals surface area contributed by atoms with Gasteiger partial charge in [0.15, 0.2) is 5.43 Å². The lowest BCUT2D eigenvalue weighted by molar-refractivity contribution is -0.115. The van der Waals surface area contributed by atoms with E-state index in [-0.39, 0.29) is 22.9 Å². The summed E-state index contributed by atoms with van der Waals surface area (Å²) < 4.78 is 6.27. The van der Waals surface area contributed by atoms with Gasteiger partial charge in [-0.15, -0.1) is 0 Å². The lowest BCUT2D eigenvalue weighted by Gasteiger charge is -2.19. The van der Waals surface area contributed by atoms with Gasteiger partial charge in [0.1, 0.15) is 11.3 Å². The number of nitrogens with one attached hydrogen (secondary N) is 2. The van der Waals surface area contributed by atoms with Crippen LogP contribution >= 0.6 is 0 Å². The molecule has 3 aromatic carbocycles. The Labute approximate surface area is 195 Å². The standard InChI is InChI=1S/C27H22N2O5/c1-14-9-19(15(2)28-21-6-4-3-5-18(21)27(32)33)26-20(10-14)23(30)13-24(34-26)17-8-7-16-12-25(31)29-22(16)11-17/h3-11,13,15,28H,12H2,1-2H3,(H,29,31)(H,32,33). The molecule has 4 aromatic rings.